The van der Waals surface area contributed by atoms with Crippen LogP contribution in [0.25, 0.3) is 72.0 Å². The lowest BCUT2D eigenvalue weighted by Crippen LogP contribution is -2.60. The average molecular weight is 687 g/mol. The summed E-state index contributed by atoms with van der Waals surface area (Å²) >= 11 is 0. The number of hydrogen-bond acceptors (Lipinski definition) is 1. The number of anilines is 2. The van der Waals surface area contributed by atoms with E-state index in [1.54, 1.807) is 0 Å². The Kier molecular flexibility index (Phi) is 5.96. The highest BCUT2D eigenvalue weighted by molar-refractivity contribution is 6.93. The van der Waals surface area contributed by atoms with Crippen LogP contribution in [0.15, 0.2) is 176 Å². The van der Waals surface area contributed by atoms with Gasteiger partial charge in [0.25, 0.3) is 0 Å². The van der Waals surface area contributed by atoms with Gasteiger partial charge in [-0.3, -0.25) is 0 Å². The van der Waals surface area contributed by atoms with Crippen LogP contribution in [0.3, 0.4) is 0 Å². The molecule has 0 saturated heterocycles. The third-order valence-electron chi connectivity index (χ3n) is 12.6. The molecule has 1 aromatic heterocycles. The third kappa shape index (κ3) is 3.81. The van der Waals surface area contributed by atoms with Crippen molar-refractivity contribution in [3.8, 4) is 50.2 Å². The molecule has 0 unspecified atom stereocenters. The van der Waals surface area contributed by atoms with Gasteiger partial charge in [0.05, 0.1) is 11.0 Å². The second kappa shape index (κ2) is 10.7. The summed E-state index contributed by atoms with van der Waals surface area (Å²) in [6, 6.07) is 65.7. The van der Waals surface area contributed by atoms with Gasteiger partial charge < -0.3 is 9.38 Å². The molecule has 0 bridgehead atoms. The van der Waals surface area contributed by atoms with Crippen LogP contribution in [0.2, 0.25) is 0 Å². The Balaban J connectivity index is 1.29. The number of para-hydroxylation sites is 3. The zero-order valence-corrected chi connectivity index (χ0v) is 30.2. The molecule has 9 aromatic rings. The highest BCUT2D eigenvalue weighted by Gasteiger charge is 2.46. The van der Waals surface area contributed by atoms with E-state index in [-0.39, 0.29) is 12.3 Å². The summed E-state index contributed by atoms with van der Waals surface area (Å²) in [4.78, 5) is 2.64. The van der Waals surface area contributed by atoms with Crippen LogP contribution in [0, 0.1) is 0 Å². The molecule has 3 heterocycles. The summed E-state index contributed by atoms with van der Waals surface area (Å²) in [5.41, 5.74) is 21.9. The van der Waals surface area contributed by atoms with Gasteiger partial charge in [-0.2, -0.15) is 0 Å². The van der Waals surface area contributed by atoms with Gasteiger partial charge in [0.15, 0.2) is 0 Å². The molecule has 0 radical (unpaired) electrons. The second-order valence-electron chi connectivity index (χ2n) is 15.6. The van der Waals surface area contributed by atoms with E-state index in [1.165, 1.54) is 105 Å². The molecule has 0 saturated carbocycles. The molecule has 3 aliphatic rings. The average Bonchev–Trinajstić information content (AvgIpc) is 3.69. The van der Waals surface area contributed by atoms with Crippen LogP contribution in [-0.4, -0.2) is 11.4 Å². The molecule has 0 fully saturated rings. The van der Waals surface area contributed by atoms with Crippen molar-refractivity contribution in [2.24, 2.45) is 0 Å². The molecule has 0 N–H and O–H groups in total. The van der Waals surface area contributed by atoms with Crippen molar-refractivity contribution in [2.75, 3.05) is 4.81 Å². The van der Waals surface area contributed by atoms with E-state index in [1.807, 2.05) is 0 Å². The van der Waals surface area contributed by atoms with Gasteiger partial charge in [-0.15, -0.1) is 0 Å². The quantitative estimate of drug-likeness (QED) is 0.168. The SMILES string of the molecule is CC1(C)c2ccccc2-c2cc3c(cc21)-c1cc(-c2ccccc2-c2ccccc2)c2c4ccccc4n4c2c1B(c1ccccc1-4)N3c1ccccc1. The summed E-state index contributed by atoms with van der Waals surface area (Å²) in [5, 5.41) is 2.60. The van der Waals surface area contributed by atoms with Crippen molar-refractivity contribution in [3.63, 3.8) is 0 Å². The molecule has 0 amide bonds. The standard InChI is InChI=1S/C51H35BN2/c1-51(2)42-25-13-11-23-36(42)38-31-47-39(30-43(38)51)41-29-40(35-22-10-9-21-34(35)32-17-5-3-6-18-32)48-37-24-12-15-27-45(37)53-46-28-16-14-26-44(46)52(49(41)50(48)53)54(47)33-19-7-4-8-20-33/h3-31H,1-2H3. The lowest BCUT2D eigenvalue weighted by atomic mass is 9.43. The molecule has 8 aromatic carbocycles. The number of nitrogens with zero attached hydrogens (tertiary/aromatic N) is 2. The predicted molar refractivity (Wildman–Crippen MR) is 228 cm³/mol. The minimum atomic E-state index is -0.124. The first-order valence-corrected chi connectivity index (χ1v) is 19.1. The van der Waals surface area contributed by atoms with Crippen LogP contribution in [0.5, 0.6) is 0 Å². The predicted octanol–water partition coefficient (Wildman–Crippen LogP) is 11.7. The number of fused-ring (bicyclic) bond motifs is 11. The largest absolute Gasteiger partial charge is 0.376 e. The lowest BCUT2D eigenvalue weighted by molar-refractivity contribution is 0.660. The monoisotopic (exact) mass is 686 g/mol. The summed E-state index contributed by atoms with van der Waals surface area (Å²) in [7, 11) is 0. The van der Waals surface area contributed by atoms with Crippen molar-refractivity contribution < 1.29 is 0 Å². The van der Waals surface area contributed by atoms with Crippen LogP contribution in [0.1, 0.15) is 25.0 Å². The molecule has 1 aliphatic carbocycles. The number of aromatic nitrogens is 1. The molecular weight excluding hydrogens is 651 g/mol. The first-order chi connectivity index (χ1) is 26.6. The molecule has 252 valence electrons. The van der Waals surface area contributed by atoms with Crippen LogP contribution >= 0.6 is 0 Å². The molecule has 2 aliphatic heterocycles. The molecule has 0 atom stereocenters. The fraction of sp³-hybridized carbons (Fsp3) is 0.0588. The lowest BCUT2D eigenvalue weighted by Gasteiger charge is -2.42. The maximum atomic E-state index is 2.64. The minimum Gasteiger partial charge on any atom is -0.376 e. The van der Waals surface area contributed by atoms with Gasteiger partial charge in [-0.05, 0) is 103 Å². The van der Waals surface area contributed by atoms with E-state index in [0.29, 0.717) is 0 Å². The summed E-state index contributed by atoms with van der Waals surface area (Å²) in [6.45, 7) is 4.77. The number of benzene rings is 8. The Labute approximate surface area is 315 Å². The van der Waals surface area contributed by atoms with Crippen LogP contribution in [0.4, 0.5) is 11.4 Å². The van der Waals surface area contributed by atoms with Gasteiger partial charge in [-0.1, -0.05) is 147 Å². The smallest absolute Gasteiger partial charge is 0.333 e. The molecule has 12 rings (SSSR count). The van der Waals surface area contributed by atoms with E-state index in [4.69, 9.17) is 0 Å². The fourth-order valence-corrected chi connectivity index (χ4v) is 10.3. The first-order valence-electron chi connectivity index (χ1n) is 19.1. The van der Waals surface area contributed by atoms with E-state index in [0.717, 1.165) is 0 Å². The Hall–Kier alpha value is -6.58. The molecular formula is C51H35BN2. The van der Waals surface area contributed by atoms with Crippen molar-refractivity contribution in [1.82, 2.24) is 4.57 Å². The van der Waals surface area contributed by atoms with E-state index >= 15 is 0 Å². The van der Waals surface area contributed by atoms with Crippen molar-refractivity contribution in [1.29, 1.82) is 0 Å². The summed E-state index contributed by atoms with van der Waals surface area (Å²) in [5.74, 6) is 0. The Morgan fingerprint density at radius 3 is 1.96 bits per heavy atom. The fourth-order valence-electron chi connectivity index (χ4n) is 10.3. The van der Waals surface area contributed by atoms with Crippen molar-refractivity contribution >= 4 is 51.0 Å². The zero-order chi connectivity index (χ0) is 35.7. The van der Waals surface area contributed by atoms with Gasteiger partial charge in [0.2, 0.25) is 0 Å². The van der Waals surface area contributed by atoms with Gasteiger partial charge >= 0.3 is 6.85 Å². The van der Waals surface area contributed by atoms with Gasteiger partial charge in [0, 0.05) is 38.8 Å². The highest BCUT2D eigenvalue weighted by Crippen LogP contribution is 2.55. The topological polar surface area (TPSA) is 8.17 Å². The van der Waals surface area contributed by atoms with Crippen molar-refractivity contribution in [2.45, 2.75) is 19.3 Å². The minimum absolute atomic E-state index is 0.0217. The van der Waals surface area contributed by atoms with Gasteiger partial charge in [-0.25, -0.2) is 0 Å². The number of rotatable bonds is 3. The van der Waals surface area contributed by atoms with E-state index in [2.05, 4.69) is 199 Å². The Morgan fingerprint density at radius 2 is 1.13 bits per heavy atom. The summed E-state index contributed by atoms with van der Waals surface area (Å²) < 4.78 is 2.57. The second-order valence-corrected chi connectivity index (χ2v) is 15.6. The molecule has 0 spiro atoms. The summed E-state index contributed by atoms with van der Waals surface area (Å²) in [6.07, 6.45) is 0. The zero-order valence-electron chi connectivity index (χ0n) is 30.2. The molecule has 3 heteroatoms. The third-order valence-corrected chi connectivity index (χ3v) is 12.6. The maximum absolute atomic E-state index is 2.64. The Bertz CT molecular complexity index is 3030. The highest BCUT2D eigenvalue weighted by atomic mass is 15.1. The number of hydrogen-bond donors (Lipinski definition) is 0. The van der Waals surface area contributed by atoms with Crippen LogP contribution < -0.4 is 15.7 Å². The maximum Gasteiger partial charge on any atom is 0.333 e. The first kappa shape index (κ1) is 29.9. The Morgan fingerprint density at radius 1 is 0.463 bits per heavy atom. The van der Waals surface area contributed by atoms with E-state index in [9.17, 15) is 0 Å². The van der Waals surface area contributed by atoms with E-state index < -0.39 is 0 Å². The van der Waals surface area contributed by atoms with Crippen LogP contribution in [-0.2, 0) is 5.41 Å². The molecule has 54 heavy (non-hydrogen) atoms. The normalized spacial score (nSPS) is 14.2. The molecule has 2 nitrogen and oxygen atoms in total. The van der Waals surface area contributed by atoms with Gasteiger partial charge in [0.1, 0.15) is 0 Å². The van der Waals surface area contributed by atoms with Crippen molar-refractivity contribution in [3.05, 3.63) is 187 Å².